The molecule has 0 aliphatic heterocycles. The van der Waals surface area contributed by atoms with Crippen molar-refractivity contribution in [3.63, 3.8) is 0 Å². The summed E-state index contributed by atoms with van der Waals surface area (Å²) in [5, 5.41) is 8.58. The highest BCUT2D eigenvalue weighted by atomic mass is 28.3. The van der Waals surface area contributed by atoms with E-state index in [2.05, 4.69) is 61.4 Å². The number of nitrogens with one attached hydrogen (secondary N) is 1. The molecule has 0 aliphatic rings. The fourth-order valence-electron chi connectivity index (χ4n) is 3.98. The minimum atomic E-state index is -1.18. The highest BCUT2D eigenvalue weighted by Gasteiger charge is 2.16. The van der Waals surface area contributed by atoms with Gasteiger partial charge < -0.3 is 14.8 Å². The lowest BCUT2D eigenvalue weighted by Gasteiger charge is -2.15. The van der Waals surface area contributed by atoms with E-state index in [0.29, 0.717) is 32.2 Å². The predicted molar refractivity (Wildman–Crippen MR) is 154 cm³/mol. The summed E-state index contributed by atoms with van der Waals surface area (Å²) in [6, 6.07) is 25.6. The van der Waals surface area contributed by atoms with Crippen LogP contribution in [-0.2, 0) is 22.9 Å². The average molecular weight is 516 g/mol. The van der Waals surface area contributed by atoms with E-state index >= 15 is 0 Å². The largest absolute Gasteiger partial charge is 0.489 e. The number of carbonyl (C=O) groups excluding carboxylic acids is 1. The van der Waals surface area contributed by atoms with Gasteiger partial charge in [0.15, 0.2) is 5.82 Å². The van der Waals surface area contributed by atoms with E-state index in [1.54, 1.807) is 0 Å². The number of nitrogens with zero attached hydrogens (tertiary/aromatic N) is 2. The molecule has 0 saturated carbocycles. The number of benzene rings is 3. The van der Waals surface area contributed by atoms with Crippen LogP contribution >= 0.6 is 0 Å². The van der Waals surface area contributed by atoms with Crippen LogP contribution in [0.25, 0.3) is 22.0 Å². The molecule has 0 atom stereocenters. The number of aromatic nitrogens is 2. The fraction of sp³-hybridized carbons (Fsp3) is 0.333. The molecular weight excluding hydrogens is 478 g/mol. The van der Waals surface area contributed by atoms with Gasteiger partial charge >= 0.3 is 0 Å². The predicted octanol–water partition coefficient (Wildman–Crippen LogP) is 7.33. The van der Waals surface area contributed by atoms with Crippen LogP contribution in [-0.4, -0.2) is 30.4 Å². The fourth-order valence-corrected chi connectivity index (χ4v) is 4.74. The van der Waals surface area contributed by atoms with Crippen molar-refractivity contribution in [3.05, 3.63) is 78.4 Å². The topological polar surface area (TPSA) is 65.4 Å². The minimum Gasteiger partial charge on any atom is -0.489 e. The molecule has 4 rings (SSSR count). The Bertz CT molecular complexity index is 1310. The van der Waals surface area contributed by atoms with E-state index < -0.39 is 8.07 Å². The Balaban J connectivity index is 1.54. The van der Waals surface area contributed by atoms with Gasteiger partial charge in [0, 0.05) is 26.5 Å². The molecule has 194 valence electrons. The van der Waals surface area contributed by atoms with Gasteiger partial charge in [0.05, 0.1) is 5.52 Å². The number of amides is 1. The van der Waals surface area contributed by atoms with E-state index in [4.69, 9.17) is 14.6 Å². The van der Waals surface area contributed by atoms with Crippen LogP contribution in [0.5, 0.6) is 5.75 Å². The van der Waals surface area contributed by atoms with Gasteiger partial charge in [0.25, 0.3) is 0 Å². The summed E-state index contributed by atoms with van der Waals surface area (Å²) in [6.07, 6.45) is 1.26. The molecule has 0 saturated heterocycles. The monoisotopic (exact) mass is 515 g/mol. The molecule has 1 heterocycles. The molecular formula is C30H37N3O3Si. The zero-order chi connectivity index (χ0) is 26.3. The number of fused-ring (bicyclic) bond motifs is 1. The van der Waals surface area contributed by atoms with E-state index in [-0.39, 0.29) is 5.91 Å². The SMILES string of the molecule is CCCC(=O)Nc1nn(COCC[Si](C)(C)C)c2cc(-c3ccc(OCc4ccccc4)cc3)ccc12. The minimum absolute atomic E-state index is 0.0242. The lowest BCUT2D eigenvalue weighted by Crippen LogP contribution is -2.22. The van der Waals surface area contributed by atoms with Crippen LogP contribution in [0.1, 0.15) is 25.3 Å². The molecule has 0 aliphatic carbocycles. The van der Waals surface area contributed by atoms with Gasteiger partial charge in [-0.15, -0.1) is 0 Å². The molecule has 1 N–H and O–H groups in total. The summed E-state index contributed by atoms with van der Waals surface area (Å²) in [5.74, 6) is 1.39. The summed E-state index contributed by atoms with van der Waals surface area (Å²) in [7, 11) is -1.18. The van der Waals surface area contributed by atoms with E-state index in [9.17, 15) is 4.79 Å². The van der Waals surface area contributed by atoms with Crippen molar-refractivity contribution in [2.24, 2.45) is 0 Å². The second-order valence-electron chi connectivity index (χ2n) is 10.5. The van der Waals surface area contributed by atoms with Crippen LogP contribution in [0.2, 0.25) is 25.7 Å². The van der Waals surface area contributed by atoms with Gasteiger partial charge in [0.1, 0.15) is 19.1 Å². The zero-order valence-corrected chi connectivity index (χ0v) is 23.3. The quantitative estimate of drug-likeness (QED) is 0.158. The molecule has 0 radical (unpaired) electrons. The first-order chi connectivity index (χ1) is 17.8. The van der Waals surface area contributed by atoms with Crippen LogP contribution in [0.15, 0.2) is 72.8 Å². The molecule has 0 unspecified atom stereocenters. The Kier molecular flexibility index (Phi) is 8.79. The Morgan fingerprint density at radius 1 is 0.973 bits per heavy atom. The molecule has 0 spiro atoms. The van der Waals surface area contributed by atoms with Gasteiger partial charge in [-0.2, -0.15) is 5.10 Å². The van der Waals surface area contributed by atoms with E-state index in [0.717, 1.165) is 45.8 Å². The molecule has 6 nitrogen and oxygen atoms in total. The first-order valence-corrected chi connectivity index (χ1v) is 16.7. The highest BCUT2D eigenvalue weighted by molar-refractivity contribution is 6.76. The second kappa shape index (κ2) is 12.2. The van der Waals surface area contributed by atoms with Crippen molar-refractivity contribution in [3.8, 4) is 16.9 Å². The number of anilines is 1. The van der Waals surface area contributed by atoms with Crippen molar-refractivity contribution in [2.75, 3.05) is 11.9 Å². The average Bonchev–Trinajstić information content (AvgIpc) is 3.22. The van der Waals surface area contributed by atoms with Crippen LogP contribution in [0, 0.1) is 0 Å². The standard InChI is InChI=1S/C30H37N3O3Si/c1-5-9-29(34)31-30-27-17-14-25(20-28(27)33(32-30)22-35-18-19-37(2,3)4)24-12-15-26(16-13-24)36-21-23-10-7-6-8-11-23/h6-8,10-17,20H,5,9,18-19,21-22H2,1-4H3,(H,31,32,34). The molecule has 1 aromatic heterocycles. The van der Waals surface area contributed by atoms with Gasteiger partial charge in [-0.25, -0.2) is 4.68 Å². The van der Waals surface area contributed by atoms with Crippen molar-refractivity contribution in [1.82, 2.24) is 9.78 Å². The van der Waals surface area contributed by atoms with Crippen molar-refractivity contribution in [1.29, 1.82) is 0 Å². The molecule has 7 heteroatoms. The lowest BCUT2D eigenvalue weighted by molar-refractivity contribution is -0.116. The van der Waals surface area contributed by atoms with E-state index in [1.165, 1.54) is 0 Å². The maximum atomic E-state index is 12.3. The number of carbonyl (C=O) groups is 1. The van der Waals surface area contributed by atoms with E-state index in [1.807, 2.05) is 48.0 Å². The van der Waals surface area contributed by atoms with Crippen molar-refractivity contribution < 1.29 is 14.3 Å². The number of hydrogen-bond donors (Lipinski definition) is 1. The van der Waals surface area contributed by atoms with Gasteiger partial charge in [-0.3, -0.25) is 4.79 Å². The number of hydrogen-bond acceptors (Lipinski definition) is 4. The van der Waals surface area contributed by atoms with Gasteiger partial charge in [-0.1, -0.05) is 75.1 Å². The highest BCUT2D eigenvalue weighted by Crippen LogP contribution is 2.30. The number of rotatable bonds is 12. The van der Waals surface area contributed by atoms with Crippen molar-refractivity contribution in [2.45, 2.75) is 58.8 Å². The third kappa shape index (κ3) is 7.54. The Morgan fingerprint density at radius 2 is 1.70 bits per heavy atom. The molecule has 37 heavy (non-hydrogen) atoms. The van der Waals surface area contributed by atoms with Crippen LogP contribution in [0.3, 0.4) is 0 Å². The summed E-state index contributed by atoms with van der Waals surface area (Å²) in [5.41, 5.74) is 4.22. The normalized spacial score (nSPS) is 11.6. The van der Waals surface area contributed by atoms with Crippen LogP contribution < -0.4 is 10.1 Å². The molecule has 3 aromatic carbocycles. The maximum Gasteiger partial charge on any atom is 0.225 e. The van der Waals surface area contributed by atoms with Gasteiger partial charge in [-0.05, 0) is 53.4 Å². The molecule has 0 fully saturated rings. The Labute approximate surface area is 220 Å². The van der Waals surface area contributed by atoms with Crippen LogP contribution in [0.4, 0.5) is 5.82 Å². The summed E-state index contributed by atoms with van der Waals surface area (Å²) in [4.78, 5) is 12.3. The van der Waals surface area contributed by atoms with Gasteiger partial charge in [0.2, 0.25) is 5.91 Å². The summed E-state index contributed by atoms with van der Waals surface area (Å²) >= 11 is 0. The Hall–Kier alpha value is -3.42. The smallest absolute Gasteiger partial charge is 0.225 e. The maximum absolute atomic E-state index is 12.3. The second-order valence-corrected chi connectivity index (χ2v) is 16.1. The zero-order valence-electron chi connectivity index (χ0n) is 22.3. The summed E-state index contributed by atoms with van der Waals surface area (Å²) in [6.45, 7) is 10.6. The van der Waals surface area contributed by atoms with Crippen molar-refractivity contribution >= 4 is 30.7 Å². The molecule has 4 aromatic rings. The summed E-state index contributed by atoms with van der Waals surface area (Å²) < 4.78 is 13.8. The molecule has 1 amide bonds. The third-order valence-electron chi connectivity index (χ3n) is 6.13. The molecule has 0 bridgehead atoms. The Morgan fingerprint density at radius 3 is 2.41 bits per heavy atom. The number of ether oxygens (including phenoxy) is 2. The third-order valence-corrected chi connectivity index (χ3v) is 7.84. The lowest BCUT2D eigenvalue weighted by atomic mass is 10.0. The first-order valence-electron chi connectivity index (χ1n) is 13.0. The first kappa shape index (κ1) is 26.6.